The lowest BCUT2D eigenvalue weighted by Crippen LogP contribution is -2.40. The van der Waals surface area contributed by atoms with Gasteiger partial charge in [0.2, 0.25) is 5.91 Å². The van der Waals surface area contributed by atoms with Crippen molar-refractivity contribution in [2.45, 2.75) is 32.1 Å². The Morgan fingerprint density at radius 3 is 2.71 bits per heavy atom. The molecule has 3 heterocycles. The van der Waals surface area contributed by atoms with Gasteiger partial charge in [-0.3, -0.25) is 14.7 Å². The number of carbonyl (C=O) groups excluding carboxylic acids is 1. The molecule has 2 aliphatic heterocycles. The summed E-state index contributed by atoms with van der Waals surface area (Å²) in [6.07, 6.45) is 8.89. The SMILES string of the molecule is O=C(Cc1cccnc1)N1CCC(CCCN2CCOCC2)CC1. The van der Waals surface area contributed by atoms with Crippen LogP contribution in [0, 0.1) is 5.92 Å². The fourth-order valence-corrected chi connectivity index (χ4v) is 3.69. The van der Waals surface area contributed by atoms with Crippen molar-refractivity contribution in [3.63, 3.8) is 0 Å². The molecule has 0 unspecified atom stereocenters. The summed E-state index contributed by atoms with van der Waals surface area (Å²) in [5.74, 6) is 1.03. The highest BCUT2D eigenvalue weighted by atomic mass is 16.5. The maximum absolute atomic E-state index is 12.4. The molecule has 1 aromatic rings. The number of amides is 1. The monoisotopic (exact) mass is 331 g/mol. The van der Waals surface area contributed by atoms with E-state index in [-0.39, 0.29) is 5.91 Å². The number of likely N-dealkylation sites (tertiary alicyclic amines) is 1. The zero-order valence-electron chi connectivity index (χ0n) is 14.5. The summed E-state index contributed by atoms with van der Waals surface area (Å²) in [6, 6.07) is 3.87. The quantitative estimate of drug-likeness (QED) is 0.800. The van der Waals surface area contributed by atoms with E-state index in [4.69, 9.17) is 4.74 Å². The van der Waals surface area contributed by atoms with Crippen LogP contribution in [0.15, 0.2) is 24.5 Å². The van der Waals surface area contributed by atoms with Crippen LogP contribution in [0.2, 0.25) is 0 Å². The first-order valence-electron chi connectivity index (χ1n) is 9.28. The van der Waals surface area contributed by atoms with E-state index in [1.54, 1.807) is 12.4 Å². The smallest absolute Gasteiger partial charge is 0.227 e. The highest BCUT2D eigenvalue weighted by Gasteiger charge is 2.22. The third-order valence-electron chi connectivity index (χ3n) is 5.24. The summed E-state index contributed by atoms with van der Waals surface area (Å²) < 4.78 is 5.39. The molecule has 0 atom stereocenters. The number of hydrogen-bond donors (Lipinski definition) is 0. The van der Waals surface area contributed by atoms with Gasteiger partial charge in [0.25, 0.3) is 0 Å². The van der Waals surface area contributed by atoms with E-state index in [9.17, 15) is 4.79 Å². The van der Waals surface area contributed by atoms with E-state index in [0.29, 0.717) is 6.42 Å². The first kappa shape index (κ1) is 17.4. The number of rotatable bonds is 6. The summed E-state index contributed by atoms with van der Waals surface area (Å²) >= 11 is 0. The number of hydrogen-bond acceptors (Lipinski definition) is 4. The third-order valence-corrected chi connectivity index (χ3v) is 5.24. The van der Waals surface area contributed by atoms with Gasteiger partial charge >= 0.3 is 0 Å². The van der Waals surface area contributed by atoms with Gasteiger partial charge in [0.1, 0.15) is 0 Å². The first-order valence-corrected chi connectivity index (χ1v) is 9.28. The summed E-state index contributed by atoms with van der Waals surface area (Å²) in [6.45, 7) is 6.98. The highest BCUT2D eigenvalue weighted by Crippen LogP contribution is 2.22. The van der Waals surface area contributed by atoms with Gasteiger partial charge in [-0.05, 0) is 49.8 Å². The van der Waals surface area contributed by atoms with E-state index >= 15 is 0 Å². The minimum Gasteiger partial charge on any atom is -0.379 e. The Labute approximate surface area is 145 Å². The lowest BCUT2D eigenvalue weighted by atomic mass is 9.92. The summed E-state index contributed by atoms with van der Waals surface area (Å²) in [5, 5.41) is 0. The van der Waals surface area contributed by atoms with Crippen molar-refractivity contribution in [1.82, 2.24) is 14.8 Å². The Kier molecular flexibility index (Phi) is 6.61. The molecule has 132 valence electrons. The fourth-order valence-electron chi connectivity index (χ4n) is 3.69. The number of piperidine rings is 1. The predicted molar refractivity (Wildman–Crippen MR) is 93.7 cm³/mol. The van der Waals surface area contributed by atoms with Gasteiger partial charge < -0.3 is 9.64 Å². The Bertz CT molecular complexity index is 495. The number of morpholine rings is 1. The molecule has 0 spiro atoms. The van der Waals surface area contributed by atoms with E-state index < -0.39 is 0 Å². The lowest BCUT2D eigenvalue weighted by molar-refractivity contribution is -0.131. The van der Waals surface area contributed by atoms with E-state index in [1.807, 2.05) is 17.0 Å². The van der Waals surface area contributed by atoms with Crippen molar-refractivity contribution in [2.24, 2.45) is 5.92 Å². The van der Waals surface area contributed by atoms with Gasteiger partial charge in [-0.2, -0.15) is 0 Å². The second kappa shape index (κ2) is 9.14. The topological polar surface area (TPSA) is 45.7 Å². The average Bonchev–Trinajstić information content (AvgIpc) is 2.64. The summed E-state index contributed by atoms with van der Waals surface area (Å²) in [7, 11) is 0. The van der Waals surface area contributed by atoms with Gasteiger partial charge in [-0.1, -0.05) is 6.07 Å². The molecule has 3 rings (SSSR count). The molecule has 0 aliphatic carbocycles. The molecule has 1 aromatic heterocycles. The Morgan fingerprint density at radius 2 is 2.00 bits per heavy atom. The van der Waals surface area contributed by atoms with Crippen LogP contribution in [0.5, 0.6) is 0 Å². The Morgan fingerprint density at radius 1 is 1.21 bits per heavy atom. The molecule has 5 nitrogen and oxygen atoms in total. The zero-order chi connectivity index (χ0) is 16.6. The van der Waals surface area contributed by atoms with E-state index in [2.05, 4.69) is 9.88 Å². The molecule has 1 amide bonds. The Hall–Kier alpha value is -1.46. The van der Waals surface area contributed by atoms with Crippen LogP contribution in [-0.4, -0.2) is 66.6 Å². The van der Waals surface area contributed by atoms with Crippen molar-refractivity contribution < 1.29 is 9.53 Å². The number of nitrogens with zero attached hydrogens (tertiary/aromatic N) is 3. The Balaban J connectivity index is 1.32. The third kappa shape index (κ3) is 5.28. The van der Waals surface area contributed by atoms with Gasteiger partial charge in [-0.25, -0.2) is 0 Å². The molecule has 0 bridgehead atoms. The zero-order valence-corrected chi connectivity index (χ0v) is 14.5. The minimum atomic E-state index is 0.245. The van der Waals surface area contributed by atoms with Crippen LogP contribution in [0.25, 0.3) is 0 Å². The largest absolute Gasteiger partial charge is 0.379 e. The molecule has 2 fully saturated rings. The van der Waals surface area contributed by atoms with Crippen LogP contribution in [0.1, 0.15) is 31.2 Å². The second-order valence-corrected chi connectivity index (χ2v) is 6.96. The van der Waals surface area contributed by atoms with Crippen molar-refractivity contribution in [3.8, 4) is 0 Å². The molecule has 0 N–H and O–H groups in total. The van der Waals surface area contributed by atoms with Crippen LogP contribution in [0.4, 0.5) is 0 Å². The van der Waals surface area contributed by atoms with Crippen LogP contribution in [0.3, 0.4) is 0 Å². The molecule has 2 aliphatic rings. The average molecular weight is 331 g/mol. The maximum atomic E-state index is 12.4. The molecule has 0 aromatic carbocycles. The van der Waals surface area contributed by atoms with Gasteiger partial charge in [-0.15, -0.1) is 0 Å². The van der Waals surface area contributed by atoms with Gasteiger partial charge in [0.15, 0.2) is 0 Å². The van der Waals surface area contributed by atoms with Crippen LogP contribution in [-0.2, 0) is 16.0 Å². The standard InChI is InChI=1S/C19H29N3O2/c23-19(15-18-3-1-7-20-16-18)22-9-5-17(6-10-22)4-2-8-21-11-13-24-14-12-21/h1,3,7,16-17H,2,4-6,8-15H2. The maximum Gasteiger partial charge on any atom is 0.227 e. The number of ether oxygens (including phenoxy) is 1. The van der Waals surface area contributed by atoms with Crippen LogP contribution < -0.4 is 0 Å². The lowest BCUT2D eigenvalue weighted by Gasteiger charge is -2.33. The molecular weight excluding hydrogens is 302 g/mol. The van der Waals surface area contributed by atoms with E-state index in [0.717, 1.165) is 63.7 Å². The molecule has 2 saturated heterocycles. The first-order chi connectivity index (χ1) is 11.8. The molecular formula is C19H29N3O2. The van der Waals surface area contributed by atoms with Crippen LogP contribution >= 0.6 is 0 Å². The minimum absolute atomic E-state index is 0.245. The van der Waals surface area contributed by atoms with Gasteiger partial charge in [0, 0.05) is 38.6 Å². The molecule has 0 saturated carbocycles. The number of pyridine rings is 1. The van der Waals surface area contributed by atoms with Gasteiger partial charge in [0.05, 0.1) is 19.6 Å². The second-order valence-electron chi connectivity index (χ2n) is 6.96. The van der Waals surface area contributed by atoms with Crippen molar-refractivity contribution >= 4 is 5.91 Å². The fraction of sp³-hybridized carbons (Fsp3) is 0.684. The number of aromatic nitrogens is 1. The van der Waals surface area contributed by atoms with E-state index in [1.165, 1.54) is 19.4 Å². The normalized spacial score (nSPS) is 20.2. The van der Waals surface area contributed by atoms with Crippen molar-refractivity contribution in [1.29, 1.82) is 0 Å². The summed E-state index contributed by atoms with van der Waals surface area (Å²) in [4.78, 5) is 21.0. The molecule has 5 heteroatoms. The highest BCUT2D eigenvalue weighted by molar-refractivity contribution is 5.78. The van der Waals surface area contributed by atoms with Crippen molar-refractivity contribution in [3.05, 3.63) is 30.1 Å². The summed E-state index contributed by atoms with van der Waals surface area (Å²) in [5.41, 5.74) is 1.01. The molecule has 24 heavy (non-hydrogen) atoms. The van der Waals surface area contributed by atoms with Crippen molar-refractivity contribution in [2.75, 3.05) is 45.9 Å². The predicted octanol–water partition coefficient (Wildman–Crippen LogP) is 1.98. The molecule has 0 radical (unpaired) electrons. The number of carbonyl (C=O) groups is 1.